The fraction of sp³-hybridized carbons (Fsp3) is 0.625. The Balaban J connectivity index is 2.50. The average Bonchev–Trinajstić information content (AvgIpc) is 2.55. The van der Waals surface area contributed by atoms with Crippen LogP contribution in [0, 0.1) is 0 Å². The first kappa shape index (κ1) is 20.2. The molecule has 1 rings (SSSR count). The summed E-state index contributed by atoms with van der Waals surface area (Å²) in [7, 11) is 1.97. The number of aromatic nitrogens is 1. The molecular formula is C16H24F3N3O2. The van der Waals surface area contributed by atoms with Gasteiger partial charge in [0.1, 0.15) is 0 Å². The molecule has 1 unspecified atom stereocenters. The Hall–Kier alpha value is -1.83. The van der Waals surface area contributed by atoms with Crippen LogP contribution in [-0.2, 0) is 11.3 Å². The number of halogens is 3. The molecule has 8 heteroatoms. The van der Waals surface area contributed by atoms with Crippen molar-refractivity contribution < 1.29 is 22.7 Å². The second-order valence-corrected chi connectivity index (χ2v) is 5.52. The minimum Gasteiger partial charge on any atom is -0.468 e. The Labute approximate surface area is 140 Å². The van der Waals surface area contributed by atoms with E-state index in [0.717, 1.165) is 13.0 Å². The Bertz CT molecular complexity index is 524. The molecule has 1 atom stereocenters. The van der Waals surface area contributed by atoms with Crippen molar-refractivity contribution in [1.82, 2.24) is 15.2 Å². The molecule has 0 bridgehead atoms. The number of carbonyl (C=O) groups excluding carboxylic acids is 1. The Kier molecular flexibility index (Phi) is 7.97. The van der Waals surface area contributed by atoms with E-state index in [1.807, 2.05) is 20.9 Å². The minimum absolute atomic E-state index is 0.100. The molecule has 0 aromatic carbocycles. The number of amides is 1. The predicted molar refractivity (Wildman–Crippen MR) is 84.6 cm³/mol. The number of ether oxygens (including phenoxy) is 1. The molecule has 0 aliphatic heterocycles. The highest BCUT2D eigenvalue weighted by atomic mass is 19.4. The molecule has 1 aromatic heterocycles. The smallest absolute Gasteiger partial charge is 0.422 e. The van der Waals surface area contributed by atoms with Crippen LogP contribution in [0.2, 0.25) is 0 Å². The van der Waals surface area contributed by atoms with Crippen molar-refractivity contribution in [2.45, 2.75) is 45.5 Å². The predicted octanol–water partition coefficient (Wildman–Crippen LogP) is 2.76. The van der Waals surface area contributed by atoms with Gasteiger partial charge in [-0.2, -0.15) is 13.2 Å². The summed E-state index contributed by atoms with van der Waals surface area (Å²) in [5.41, 5.74) is 0.632. The first-order chi connectivity index (χ1) is 11.2. The van der Waals surface area contributed by atoms with E-state index < -0.39 is 12.8 Å². The van der Waals surface area contributed by atoms with Crippen molar-refractivity contribution in [2.24, 2.45) is 0 Å². The van der Waals surface area contributed by atoms with E-state index in [1.165, 1.54) is 12.3 Å². The van der Waals surface area contributed by atoms with Crippen molar-refractivity contribution in [3.63, 3.8) is 0 Å². The summed E-state index contributed by atoms with van der Waals surface area (Å²) in [6.07, 6.45) is -1.81. The molecule has 0 saturated heterocycles. The van der Waals surface area contributed by atoms with Gasteiger partial charge in [-0.1, -0.05) is 13.8 Å². The zero-order valence-electron chi connectivity index (χ0n) is 14.2. The monoisotopic (exact) mass is 347 g/mol. The van der Waals surface area contributed by atoms with Gasteiger partial charge in [-0.15, -0.1) is 0 Å². The van der Waals surface area contributed by atoms with Crippen molar-refractivity contribution in [3.8, 4) is 5.88 Å². The topological polar surface area (TPSA) is 54.5 Å². The van der Waals surface area contributed by atoms with Crippen LogP contribution < -0.4 is 10.1 Å². The van der Waals surface area contributed by atoms with E-state index in [-0.39, 0.29) is 24.4 Å². The van der Waals surface area contributed by atoms with Crippen molar-refractivity contribution in [3.05, 3.63) is 23.9 Å². The molecule has 0 fully saturated rings. The normalized spacial score (nSPS) is 13.0. The largest absolute Gasteiger partial charge is 0.468 e. The third kappa shape index (κ3) is 7.63. The van der Waals surface area contributed by atoms with Crippen LogP contribution in [0.3, 0.4) is 0 Å². The highest BCUT2D eigenvalue weighted by molar-refractivity contribution is 5.76. The van der Waals surface area contributed by atoms with E-state index in [0.29, 0.717) is 12.0 Å². The number of nitrogens with one attached hydrogen (secondary N) is 1. The molecule has 24 heavy (non-hydrogen) atoms. The lowest BCUT2D eigenvalue weighted by molar-refractivity contribution is -0.154. The number of rotatable bonds is 9. The van der Waals surface area contributed by atoms with Gasteiger partial charge in [0, 0.05) is 31.3 Å². The summed E-state index contributed by atoms with van der Waals surface area (Å²) in [4.78, 5) is 17.8. The fourth-order valence-electron chi connectivity index (χ4n) is 2.15. The van der Waals surface area contributed by atoms with Crippen LogP contribution in [0.5, 0.6) is 5.88 Å². The molecule has 136 valence electrons. The van der Waals surface area contributed by atoms with Gasteiger partial charge in [-0.3, -0.25) is 4.79 Å². The Morgan fingerprint density at radius 1 is 1.42 bits per heavy atom. The standard InChI is InChI=1S/C16H24F3N3O2/c1-4-13(22(3)5-2)9-14(23)21-10-12-6-7-20-15(8-12)24-11-16(17,18)19/h6-8,13H,4-5,9-11H2,1-3H3,(H,21,23). The van der Waals surface area contributed by atoms with E-state index in [4.69, 9.17) is 0 Å². The third-order valence-corrected chi connectivity index (χ3v) is 3.69. The molecule has 0 radical (unpaired) electrons. The summed E-state index contributed by atoms with van der Waals surface area (Å²) in [5.74, 6) is -0.215. The molecule has 1 amide bonds. The number of hydrogen-bond acceptors (Lipinski definition) is 4. The number of nitrogens with zero attached hydrogens (tertiary/aromatic N) is 2. The molecular weight excluding hydrogens is 323 g/mol. The highest BCUT2D eigenvalue weighted by Crippen LogP contribution is 2.17. The average molecular weight is 347 g/mol. The van der Waals surface area contributed by atoms with Crippen LogP contribution in [0.1, 0.15) is 32.3 Å². The Morgan fingerprint density at radius 3 is 2.71 bits per heavy atom. The summed E-state index contributed by atoms with van der Waals surface area (Å²) in [6.45, 7) is 3.74. The quantitative estimate of drug-likeness (QED) is 0.746. The van der Waals surface area contributed by atoms with Gasteiger partial charge in [-0.05, 0) is 31.6 Å². The number of alkyl halides is 3. The SMILES string of the molecule is CCC(CC(=O)NCc1ccnc(OCC(F)(F)F)c1)N(C)CC. The van der Waals surface area contributed by atoms with E-state index in [9.17, 15) is 18.0 Å². The van der Waals surface area contributed by atoms with Gasteiger partial charge in [-0.25, -0.2) is 4.98 Å². The molecule has 0 aliphatic carbocycles. The summed E-state index contributed by atoms with van der Waals surface area (Å²) in [5, 5.41) is 2.77. The molecule has 1 N–H and O–H groups in total. The van der Waals surface area contributed by atoms with E-state index in [1.54, 1.807) is 6.07 Å². The molecule has 1 aromatic rings. The van der Waals surface area contributed by atoms with Crippen molar-refractivity contribution >= 4 is 5.91 Å². The first-order valence-electron chi connectivity index (χ1n) is 7.86. The van der Waals surface area contributed by atoms with Crippen LogP contribution in [0.15, 0.2) is 18.3 Å². The second-order valence-electron chi connectivity index (χ2n) is 5.52. The van der Waals surface area contributed by atoms with Crippen LogP contribution >= 0.6 is 0 Å². The van der Waals surface area contributed by atoms with Crippen molar-refractivity contribution in [1.29, 1.82) is 0 Å². The highest BCUT2D eigenvalue weighted by Gasteiger charge is 2.28. The molecule has 0 aliphatic rings. The maximum absolute atomic E-state index is 12.1. The zero-order valence-corrected chi connectivity index (χ0v) is 14.2. The maximum atomic E-state index is 12.1. The lowest BCUT2D eigenvalue weighted by Gasteiger charge is -2.25. The second kappa shape index (κ2) is 9.46. The summed E-state index contributed by atoms with van der Waals surface area (Å²) < 4.78 is 41.0. The first-order valence-corrected chi connectivity index (χ1v) is 7.86. The molecule has 0 saturated carbocycles. The van der Waals surface area contributed by atoms with Gasteiger partial charge in [0.15, 0.2) is 6.61 Å². The molecule has 5 nitrogen and oxygen atoms in total. The summed E-state index contributed by atoms with van der Waals surface area (Å²) >= 11 is 0. The van der Waals surface area contributed by atoms with Crippen molar-refractivity contribution in [2.75, 3.05) is 20.2 Å². The number of hydrogen-bond donors (Lipinski definition) is 1. The van der Waals surface area contributed by atoms with Gasteiger partial charge < -0.3 is 15.0 Å². The lowest BCUT2D eigenvalue weighted by Crippen LogP contribution is -2.36. The van der Waals surface area contributed by atoms with Gasteiger partial charge in [0.25, 0.3) is 0 Å². The fourth-order valence-corrected chi connectivity index (χ4v) is 2.15. The summed E-state index contributed by atoms with van der Waals surface area (Å²) in [6, 6.07) is 3.18. The van der Waals surface area contributed by atoms with Crippen LogP contribution in [0.25, 0.3) is 0 Å². The lowest BCUT2D eigenvalue weighted by atomic mass is 10.1. The van der Waals surface area contributed by atoms with Gasteiger partial charge in [0.2, 0.25) is 11.8 Å². The minimum atomic E-state index is -4.41. The number of pyridine rings is 1. The molecule has 1 heterocycles. The maximum Gasteiger partial charge on any atom is 0.422 e. The van der Waals surface area contributed by atoms with E-state index in [2.05, 4.69) is 19.9 Å². The van der Waals surface area contributed by atoms with Crippen LogP contribution in [0.4, 0.5) is 13.2 Å². The zero-order chi connectivity index (χ0) is 18.2. The number of carbonyl (C=O) groups is 1. The van der Waals surface area contributed by atoms with Crippen LogP contribution in [-0.4, -0.2) is 48.2 Å². The van der Waals surface area contributed by atoms with Gasteiger partial charge >= 0.3 is 6.18 Å². The molecule has 0 spiro atoms. The van der Waals surface area contributed by atoms with E-state index >= 15 is 0 Å². The Morgan fingerprint density at radius 2 is 2.12 bits per heavy atom. The third-order valence-electron chi connectivity index (χ3n) is 3.69. The van der Waals surface area contributed by atoms with Gasteiger partial charge in [0.05, 0.1) is 0 Å².